The molecule has 3 aromatic heterocycles. The topological polar surface area (TPSA) is 51.6 Å². The molecule has 9 aromatic carbocycles. The van der Waals surface area contributed by atoms with E-state index in [1.807, 2.05) is 29.8 Å². The number of fused-ring (bicyclic) bond motifs is 7. The van der Waals surface area contributed by atoms with Crippen LogP contribution < -0.4 is 0 Å². The number of benzene rings is 9. The van der Waals surface area contributed by atoms with Crippen molar-refractivity contribution in [2.75, 3.05) is 0 Å². The van der Waals surface area contributed by atoms with E-state index in [1.165, 1.54) is 75.5 Å². The molecule has 0 saturated carbocycles. The van der Waals surface area contributed by atoms with Gasteiger partial charge in [0.15, 0.2) is 17.5 Å². The molecule has 13 rings (SSSR count). The smallest absolute Gasteiger partial charge is 0.164 e. The number of thiophene rings is 1. The van der Waals surface area contributed by atoms with Gasteiger partial charge < -0.3 is 0 Å². The molecule has 3 heterocycles. The van der Waals surface area contributed by atoms with E-state index in [0.717, 1.165) is 38.9 Å². The minimum Gasteiger partial charge on any atom is -0.264 e. The lowest BCUT2D eigenvalue weighted by Crippen LogP contribution is -2.15. The molecule has 0 radical (unpaired) electrons. The monoisotopic (exact) mass is 886 g/mol. The molecule has 0 bridgehead atoms. The van der Waals surface area contributed by atoms with E-state index in [0.29, 0.717) is 17.5 Å². The van der Waals surface area contributed by atoms with Gasteiger partial charge in [0.2, 0.25) is 0 Å². The van der Waals surface area contributed by atoms with Gasteiger partial charge in [0.05, 0.1) is 0 Å². The van der Waals surface area contributed by atoms with Crippen LogP contribution in [0, 0.1) is 0 Å². The lowest BCUT2D eigenvalue weighted by molar-refractivity contribution is 0.660. The van der Waals surface area contributed by atoms with Gasteiger partial charge in [-0.1, -0.05) is 202 Å². The standard InChI is InChI=1S/C63H42N4S/c1-63(2)56-18-6-5-13-52(56)53-34-33-48(37-57(53)63)62-66-60(44-28-21-40(22-29-44)47-32-23-39-10-3-4-11-46(39)36-47)65-61(67-62)45-30-26-43(27-31-45)51-15-8-17-55-54-16-7-14-50(58(54)68-59(51)55)42-24-19-41(20-25-42)49-12-9-35-64-38-49/h3-38H,1-2H3. The zero-order chi connectivity index (χ0) is 45.3. The van der Waals surface area contributed by atoms with Crippen molar-refractivity contribution in [1.82, 2.24) is 19.9 Å². The Morgan fingerprint density at radius 2 is 0.838 bits per heavy atom. The van der Waals surface area contributed by atoms with Gasteiger partial charge in [0.1, 0.15) is 0 Å². The molecule has 0 spiro atoms. The van der Waals surface area contributed by atoms with Gasteiger partial charge >= 0.3 is 0 Å². The van der Waals surface area contributed by atoms with E-state index in [4.69, 9.17) is 15.0 Å². The van der Waals surface area contributed by atoms with Gasteiger partial charge in [-0.15, -0.1) is 11.3 Å². The van der Waals surface area contributed by atoms with Gasteiger partial charge in [-0.25, -0.2) is 15.0 Å². The summed E-state index contributed by atoms with van der Waals surface area (Å²) in [6.45, 7) is 4.62. The molecule has 0 aliphatic heterocycles. The Bertz CT molecular complexity index is 3910. The maximum Gasteiger partial charge on any atom is 0.164 e. The Labute approximate surface area is 399 Å². The van der Waals surface area contributed by atoms with E-state index < -0.39 is 0 Å². The van der Waals surface area contributed by atoms with Crippen LogP contribution in [0.5, 0.6) is 0 Å². The highest BCUT2D eigenvalue weighted by atomic mass is 32.1. The molecule has 12 aromatic rings. The summed E-state index contributed by atoms with van der Waals surface area (Å²) in [5.41, 5.74) is 17.3. The minimum atomic E-state index is -0.153. The predicted molar refractivity (Wildman–Crippen MR) is 284 cm³/mol. The third-order valence-corrected chi connectivity index (χ3v) is 15.2. The fraction of sp³-hybridized carbons (Fsp3) is 0.0476. The van der Waals surface area contributed by atoms with Crippen LogP contribution in [0.4, 0.5) is 0 Å². The first-order valence-electron chi connectivity index (χ1n) is 23.1. The largest absolute Gasteiger partial charge is 0.264 e. The third kappa shape index (κ3) is 6.73. The molecule has 320 valence electrons. The molecular formula is C63H42N4S. The van der Waals surface area contributed by atoms with Gasteiger partial charge in [-0.05, 0) is 95.7 Å². The molecule has 0 amide bonds. The number of pyridine rings is 1. The average molecular weight is 887 g/mol. The van der Waals surface area contributed by atoms with E-state index in [9.17, 15) is 0 Å². The summed E-state index contributed by atoms with van der Waals surface area (Å²) in [5, 5.41) is 4.99. The average Bonchev–Trinajstić information content (AvgIpc) is 3.90. The molecular weight excluding hydrogens is 845 g/mol. The van der Waals surface area contributed by atoms with Crippen molar-refractivity contribution in [2.24, 2.45) is 0 Å². The van der Waals surface area contributed by atoms with Crippen molar-refractivity contribution >= 4 is 42.3 Å². The Morgan fingerprint density at radius 3 is 1.47 bits per heavy atom. The number of rotatable bonds is 7. The number of nitrogens with zero attached hydrogens (tertiary/aromatic N) is 4. The van der Waals surface area contributed by atoms with Crippen molar-refractivity contribution in [2.45, 2.75) is 19.3 Å². The zero-order valence-corrected chi connectivity index (χ0v) is 38.3. The van der Waals surface area contributed by atoms with Crippen molar-refractivity contribution < 1.29 is 0 Å². The van der Waals surface area contributed by atoms with Crippen molar-refractivity contribution in [3.8, 4) is 89.8 Å². The summed E-state index contributed by atoms with van der Waals surface area (Å²) >= 11 is 1.87. The summed E-state index contributed by atoms with van der Waals surface area (Å²) in [5.74, 6) is 1.93. The molecule has 0 atom stereocenters. The lowest BCUT2D eigenvalue weighted by atomic mass is 9.82. The van der Waals surface area contributed by atoms with Crippen LogP contribution in [0.1, 0.15) is 25.0 Å². The van der Waals surface area contributed by atoms with Crippen LogP contribution >= 0.6 is 11.3 Å². The molecule has 4 nitrogen and oxygen atoms in total. The number of hydrogen-bond acceptors (Lipinski definition) is 5. The SMILES string of the molecule is CC1(C)c2ccccc2-c2ccc(-c3nc(-c4ccc(-c5ccc6ccccc6c5)cc4)nc(-c4ccc(-c5cccc6c5sc5c(-c7ccc(-c8cccnc8)cc7)cccc56)cc4)n3)cc21. The van der Waals surface area contributed by atoms with Crippen molar-refractivity contribution in [3.05, 3.63) is 230 Å². The quantitative estimate of drug-likeness (QED) is 0.160. The summed E-state index contributed by atoms with van der Waals surface area (Å²) in [6.07, 6.45) is 3.73. The third-order valence-electron chi connectivity index (χ3n) is 13.9. The number of hydrogen-bond donors (Lipinski definition) is 0. The lowest BCUT2D eigenvalue weighted by Gasteiger charge is -2.21. The van der Waals surface area contributed by atoms with E-state index in [1.54, 1.807) is 0 Å². The summed E-state index contributed by atoms with van der Waals surface area (Å²) < 4.78 is 2.56. The van der Waals surface area contributed by atoms with Crippen molar-refractivity contribution in [1.29, 1.82) is 0 Å². The Morgan fingerprint density at radius 1 is 0.338 bits per heavy atom. The molecule has 68 heavy (non-hydrogen) atoms. The highest BCUT2D eigenvalue weighted by Crippen LogP contribution is 2.50. The van der Waals surface area contributed by atoms with Crippen LogP contribution in [0.25, 0.3) is 121 Å². The maximum atomic E-state index is 5.23. The van der Waals surface area contributed by atoms with Crippen LogP contribution in [0.15, 0.2) is 219 Å². The van der Waals surface area contributed by atoms with Gasteiger partial charge in [0.25, 0.3) is 0 Å². The zero-order valence-electron chi connectivity index (χ0n) is 37.5. The summed E-state index contributed by atoms with van der Waals surface area (Å²) in [6, 6.07) is 74.2. The maximum absolute atomic E-state index is 5.23. The first-order valence-corrected chi connectivity index (χ1v) is 23.9. The van der Waals surface area contributed by atoms with Crippen LogP contribution in [0.3, 0.4) is 0 Å². The van der Waals surface area contributed by atoms with E-state index in [2.05, 4.69) is 219 Å². The highest BCUT2D eigenvalue weighted by Gasteiger charge is 2.35. The van der Waals surface area contributed by atoms with E-state index >= 15 is 0 Å². The molecule has 5 heteroatoms. The van der Waals surface area contributed by atoms with E-state index in [-0.39, 0.29) is 5.41 Å². The molecule has 1 aliphatic rings. The summed E-state index contributed by atoms with van der Waals surface area (Å²) in [7, 11) is 0. The van der Waals surface area contributed by atoms with Gasteiger partial charge in [0, 0.05) is 54.7 Å². The second-order valence-electron chi connectivity index (χ2n) is 18.2. The first kappa shape index (κ1) is 39.9. The Hall–Kier alpha value is -8.38. The fourth-order valence-corrected chi connectivity index (χ4v) is 11.6. The molecule has 0 saturated heterocycles. The molecule has 0 fully saturated rings. The Kier molecular flexibility index (Phi) is 9.34. The predicted octanol–water partition coefficient (Wildman–Crippen LogP) is 16.8. The Balaban J connectivity index is 0.880. The number of aromatic nitrogens is 4. The minimum absolute atomic E-state index is 0.153. The normalized spacial score (nSPS) is 12.7. The van der Waals surface area contributed by atoms with Crippen LogP contribution in [-0.4, -0.2) is 19.9 Å². The van der Waals surface area contributed by atoms with Gasteiger partial charge in [-0.2, -0.15) is 0 Å². The van der Waals surface area contributed by atoms with Crippen molar-refractivity contribution in [3.63, 3.8) is 0 Å². The highest BCUT2D eigenvalue weighted by molar-refractivity contribution is 7.26. The first-order chi connectivity index (χ1) is 33.4. The fourth-order valence-electron chi connectivity index (χ4n) is 10.2. The summed E-state index contributed by atoms with van der Waals surface area (Å²) in [4.78, 5) is 20.0. The molecule has 0 N–H and O–H groups in total. The second-order valence-corrected chi connectivity index (χ2v) is 19.3. The molecule has 0 unspecified atom stereocenters. The molecule has 1 aliphatic carbocycles. The second kappa shape index (κ2) is 15.9. The van der Waals surface area contributed by atoms with Crippen LogP contribution in [-0.2, 0) is 5.41 Å². The van der Waals surface area contributed by atoms with Gasteiger partial charge in [-0.3, -0.25) is 4.98 Å². The van der Waals surface area contributed by atoms with Crippen LogP contribution in [0.2, 0.25) is 0 Å².